The average molecular weight is 382 g/mol. The number of nitrogens with zero attached hydrogens (tertiary/aromatic N) is 3. The molecule has 2 rings (SSSR count). The number of thiazole rings is 1. The Bertz CT molecular complexity index is 538. The van der Waals surface area contributed by atoms with Crippen molar-refractivity contribution in [3.8, 4) is 0 Å². The Morgan fingerprint density at radius 3 is 2.58 bits per heavy atom. The van der Waals surface area contributed by atoms with Crippen molar-refractivity contribution in [2.24, 2.45) is 10.9 Å². The van der Waals surface area contributed by atoms with Gasteiger partial charge in [0.05, 0.1) is 24.8 Å². The molecule has 1 aromatic heterocycles. The maximum Gasteiger partial charge on any atom is 0.191 e. The van der Waals surface area contributed by atoms with Crippen LogP contribution in [0, 0.1) is 12.8 Å². The molecule has 0 amide bonds. The summed E-state index contributed by atoms with van der Waals surface area (Å²) in [6, 6.07) is 0.517. The van der Waals surface area contributed by atoms with Crippen molar-refractivity contribution >= 4 is 17.3 Å². The molecule has 0 radical (unpaired) electrons. The zero-order valence-electron chi connectivity index (χ0n) is 16.8. The van der Waals surface area contributed by atoms with Gasteiger partial charge in [-0.2, -0.15) is 0 Å². The van der Waals surface area contributed by atoms with E-state index < -0.39 is 0 Å². The van der Waals surface area contributed by atoms with Gasteiger partial charge >= 0.3 is 0 Å². The molecule has 1 aliphatic heterocycles. The van der Waals surface area contributed by atoms with E-state index in [9.17, 15) is 0 Å². The van der Waals surface area contributed by atoms with Gasteiger partial charge in [0, 0.05) is 43.3 Å². The first-order chi connectivity index (χ1) is 12.7. The van der Waals surface area contributed by atoms with Crippen LogP contribution in [-0.2, 0) is 11.3 Å². The second-order valence-corrected chi connectivity index (χ2v) is 8.03. The Balaban J connectivity index is 1.99. The van der Waals surface area contributed by atoms with E-state index in [1.165, 1.54) is 17.7 Å². The first kappa shape index (κ1) is 21.1. The highest BCUT2D eigenvalue weighted by Gasteiger charge is 2.26. The van der Waals surface area contributed by atoms with E-state index in [1.807, 2.05) is 13.1 Å². The van der Waals surface area contributed by atoms with Crippen LogP contribution in [0.4, 0.5) is 0 Å². The maximum atomic E-state index is 5.55. The summed E-state index contributed by atoms with van der Waals surface area (Å²) >= 11 is 1.71. The Hall–Kier alpha value is -1.18. The van der Waals surface area contributed by atoms with E-state index in [-0.39, 0.29) is 0 Å². The first-order valence-corrected chi connectivity index (χ1v) is 10.7. The molecule has 0 bridgehead atoms. The van der Waals surface area contributed by atoms with Gasteiger partial charge < -0.3 is 15.4 Å². The van der Waals surface area contributed by atoms with Crippen molar-refractivity contribution in [3.05, 3.63) is 16.1 Å². The van der Waals surface area contributed by atoms with Crippen molar-refractivity contribution in [2.45, 2.75) is 53.1 Å². The summed E-state index contributed by atoms with van der Waals surface area (Å²) in [6.07, 6.45) is 4.33. The van der Waals surface area contributed by atoms with Crippen LogP contribution in [0.15, 0.2) is 11.2 Å². The largest absolute Gasteiger partial charge is 0.379 e. The molecular weight excluding hydrogens is 346 g/mol. The number of aromatic nitrogens is 1. The summed E-state index contributed by atoms with van der Waals surface area (Å²) < 4.78 is 5.55. The normalized spacial score (nSPS) is 17.5. The summed E-state index contributed by atoms with van der Waals surface area (Å²) in [7, 11) is 0. The minimum Gasteiger partial charge on any atom is -0.379 e. The lowest BCUT2D eigenvalue weighted by Crippen LogP contribution is -2.53. The molecule has 0 spiro atoms. The molecule has 0 aromatic carbocycles. The van der Waals surface area contributed by atoms with Gasteiger partial charge in [-0.25, -0.2) is 9.98 Å². The Kier molecular flexibility index (Phi) is 9.36. The second kappa shape index (κ2) is 11.5. The van der Waals surface area contributed by atoms with Crippen LogP contribution < -0.4 is 10.6 Å². The molecule has 148 valence electrons. The van der Waals surface area contributed by atoms with Crippen LogP contribution in [0.2, 0.25) is 0 Å². The quantitative estimate of drug-likeness (QED) is 0.509. The fourth-order valence-corrected chi connectivity index (χ4v) is 4.23. The lowest BCUT2D eigenvalue weighted by molar-refractivity contribution is 0.00272. The van der Waals surface area contributed by atoms with Gasteiger partial charge in [0.15, 0.2) is 5.96 Å². The van der Waals surface area contributed by atoms with Gasteiger partial charge in [-0.3, -0.25) is 4.90 Å². The first-order valence-electron chi connectivity index (χ1n) is 9.93. The van der Waals surface area contributed by atoms with Crippen LogP contribution in [-0.4, -0.2) is 61.3 Å². The maximum absolute atomic E-state index is 5.55. The lowest BCUT2D eigenvalue weighted by atomic mass is 9.92. The third-order valence-electron chi connectivity index (χ3n) is 4.99. The Morgan fingerprint density at radius 2 is 2.00 bits per heavy atom. The zero-order valence-corrected chi connectivity index (χ0v) is 17.6. The van der Waals surface area contributed by atoms with Gasteiger partial charge in [-0.1, -0.05) is 26.7 Å². The number of ether oxygens (including phenoxy) is 1. The molecular formula is C19H35N5OS. The highest BCUT2D eigenvalue weighted by Crippen LogP contribution is 2.19. The molecule has 1 aromatic rings. The van der Waals surface area contributed by atoms with Crippen LogP contribution in [0.25, 0.3) is 0 Å². The van der Waals surface area contributed by atoms with Crippen LogP contribution in [0.1, 0.15) is 43.5 Å². The lowest BCUT2D eigenvalue weighted by Gasteiger charge is -2.39. The van der Waals surface area contributed by atoms with E-state index in [4.69, 9.17) is 9.73 Å². The smallest absolute Gasteiger partial charge is 0.191 e. The molecule has 2 heterocycles. The molecule has 1 unspecified atom stereocenters. The van der Waals surface area contributed by atoms with E-state index >= 15 is 0 Å². The van der Waals surface area contributed by atoms with Crippen LogP contribution >= 0.6 is 11.3 Å². The summed E-state index contributed by atoms with van der Waals surface area (Å²) in [4.78, 5) is 12.8. The Labute approximate surface area is 162 Å². The predicted molar refractivity (Wildman–Crippen MR) is 110 cm³/mol. The zero-order chi connectivity index (χ0) is 18.8. The molecule has 6 nitrogen and oxygen atoms in total. The third-order valence-corrected chi connectivity index (χ3v) is 5.89. The summed E-state index contributed by atoms with van der Waals surface area (Å²) in [5, 5.41) is 8.05. The molecule has 1 fully saturated rings. The van der Waals surface area contributed by atoms with Crippen LogP contribution in [0.5, 0.6) is 0 Å². The number of morpholine rings is 1. The van der Waals surface area contributed by atoms with E-state index in [2.05, 4.69) is 41.3 Å². The molecule has 1 aliphatic rings. The molecule has 0 aliphatic carbocycles. The fourth-order valence-electron chi connectivity index (χ4n) is 3.51. The minimum atomic E-state index is 0.517. The highest BCUT2D eigenvalue weighted by atomic mass is 32.1. The average Bonchev–Trinajstić information content (AvgIpc) is 3.09. The van der Waals surface area contributed by atoms with E-state index in [0.717, 1.165) is 50.4 Å². The van der Waals surface area contributed by atoms with Gasteiger partial charge in [-0.15, -0.1) is 11.3 Å². The van der Waals surface area contributed by atoms with E-state index in [1.54, 1.807) is 11.3 Å². The van der Waals surface area contributed by atoms with Gasteiger partial charge in [-0.05, 0) is 19.8 Å². The van der Waals surface area contributed by atoms with Crippen molar-refractivity contribution < 1.29 is 4.74 Å². The molecule has 1 atom stereocenters. The van der Waals surface area contributed by atoms with Crippen molar-refractivity contribution in [2.75, 3.05) is 39.4 Å². The van der Waals surface area contributed by atoms with Gasteiger partial charge in [0.1, 0.15) is 0 Å². The molecule has 26 heavy (non-hydrogen) atoms. The van der Waals surface area contributed by atoms with Crippen molar-refractivity contribution in [1.29, 1.82) is 0 Å². The number of nitrogens with one attached hydrogen (secondary N) is 2. The molecule has 1 saturated heterocycles. The number of aliphatic imine (C=N–C) groups is 1. The summed E-state index contributed by atoms with van der Waals surface area (Å²) in [5.41, 5.74) is 0. The van der Waals surface area contributed by atoms with Crippen LogP contribution in [0.3, 0.4) is 0 Å². The number of hydrogen-bond donors (Lipinski definition) is 2. The van der Waals surface area contributed by atoms with Gasteiger partial charge in [0.2, 0.25) is 0 Å². The topological polar surface area (TPSA) is 61.8 Å². The van der Waals surface area contributed by atoms with Crippen molar-refractivity contribution in [1.82, 2.24) is 20.5 Å². The SMILES string of the molecule is CCNC(=NCc1cnc(C)s1)NCC(C(CC)CC)N1CCOCC1. The second-order valence-electron chi connectivity index (χ2n) is 6.71. The fraction of sp³-hybridized carbons (Fsp3) is 0.789. The third kappa shape index (κ3) is 6.52. The molecule has 7 heteroatoms. The van der Waals surface area contributed by atoms with Crippen molar-refractivity contribution in [3.63, 3.8) is 0 Å². The molecule has 2 N–H and O–H groups in total. The number of guanidine groups is 1. The van der Waals surface area contributed by atoms with Gasteiger partial charge in [0.25, 0.3) is 0 Å². The monoisotopic (exact) mass is 381 g/mol. The Morgan fingerprint density at radius 1 is 1.27 bits per heavy atom. The van der Waals surface area contributed by atoms with E-state index in [0.29, 0.717) is 18.5 Å². The summed E-state index contributed by atoms with van der Waals surface area (Å²) in [5.74, 6) is 1.58. The standard InChI is InChI=1S/C19H35N5OS/c1-5-16(6-2)18(24-8-10-25-11-9-24)14-23-19(20-7-3)22-13-17-12-21-15(4)26-17/h12,16,18H,5-11,13-14H2,1-4H3,(H2,20,22,23). The number of rotatable bonds is 9. The summed E-state index contributed by atoms with van der Waals surface area (Å²) in [6.45, 7) is 14.9. The minimum absolute atomic E-state index is 0.517. The molecule has 0 saturated carbocycles. The highest BCUT2D eigenvalue weighted by molar-refractivity contribution is 7.11. The number of hydrogen-bond acceptors (Lipinski definition) is 5. The predicted octanol–water partition coefficient (Wildman–Crippen LogP) is 2.64. The number of aryl methyl sites for hydroxylation is 1.